The second-order valence-electron chi connectivity index (χ2n) is 8.59. The fourth-order valence-corrected chi connectivity index (χ4v) is 4.47. The van der Waals surface area contributed by atoms with E-state index in [0.717, 1.165) is 23.3 Å². The molecule has 3 nitrogen and oxygen atoms in total. The first-order valence-electron chi connectivity index (χ1n) is 10.5. The van der Waals surface area contributed by atoms with Crippen molar-refractivity contribution in [1.82, 2.24) is 4.90 Å². The molecule has 1 aliphatic carbocycles. The molecule has 1 aromatic carbocycles. The van der Waals surface area contributed by atoms with Crippen LogP contribution in [0.5, 0.6) is 5.75 Å². The van der Waals surface area contributed by atoms with Crippen molar-refractivity contribution < 1.29 is 22.7 Å². The van der Waals surface area contributed by atoms with Gasteiger partial charge in [0.1, 0.15) is 5.75 Å². The molecule has 0 spiro atoms. The maximum absolute atomic E-state index is 13.2. The van der Waals surface area contributed by atoms with Gasteiger partial charge in [-0.05, 0) is 48.3 Å². The lowest BCUT2D eigenvalue weighted by molar-refractivity contribution is -0.170. The number of halogens is 3. The first-order chi connectivity index (χ1) is 14.2. The summed E-state index contributed by atoms with van der Waals surface area (Å²) >= 11 is 0. The number of hydrogen-bond donors (Lipinski definition) is 0. The van der Waals surface area contributed by atoms with E-state index in [1.807, 2.05) is 35.2 Å². The molecule has 1 amide bonds. The van der Waals surface area contributed by atoms with E-state index in [-0.39, 0.29) is 17.7 Å². The molecule has 1 saturated heterocycles. The molecular weight excluding hydrogens is 391 g/mol. The zero-order chi connectivity index (χ0) is 21.9. The molecule has 0 aromatic heterocycles. The van der Waals surface area contributed by atoms with Gasteiger partial charge in [-0.1, -0.05) is 49.8 Å². The summed E-state index contributed by atoms with van der Waals surface area (Å²) in [6, 6.07) is 7.70. The number of allylic oxidation sites excluding steroid dienone is 4. The minimum atomic E-state index is -4.21. The summed E-state index contributed by atoms with van der Waals surface area (Å²) < 4.78 is 44.7. The van der Waals surface area contributed by atoms with Crippen LogP contribution in [0.4, 0.5) is 13.2 Å². The van der Waals surface area contributed by atoms with Gasteiger partial charge in [0.2, 0.25) is 5.91 Å². The third-order valence-corrected chi connectivity index (χ3v) is 6.60. The number of likely N-dealkylation sites (tertiary alicyclic amines) is 1. The van der Waals surface area contributed by atoms with Crippen LogP contribution in [0.1, 0.15) is 38.7 Å². The fraction of sp³-hybridized carbons (Fsp3) is 0.542. The number of carbonyl (C=O) groups excluding carboxylic acids is 1. The molecule has 30 heavy (non-hydrogen) atoms. The monoisotopic (exact) mass is 421 g/mol. The van der Waals surface area contributed by atoms with Gasteiger partial charge in [0.05, 0.1) is 13.0 Å². The Kier molecular flexibility index (Phi) is 6.94. The molecule has 2 aliphatic rings. The van der Waals surface area contributed by atoms with E-state index in [0.29, 0.717) is 25.9 Å². The number of benzene rings is 1. The Labute approximate surface area is 176 Å². The van der Waals surface area contributed by atoms with Gasteiger partial charge in [-0.3, -0.25) is 4.79 Å². The molecule has 1 aliphatic heterocycles. The Bertz CT molecular complexity index is 798. The third kappa shape index (κ3) is 5.27. The average molecular weight is 422 g/mol. The van der Waals surface area contributed by atoms with Crippen LogP contribution in [0.25, 0.3) is 0 Å². The lowest BCUT2D eigenvalue weighted by atomic mass is 9.79. The first-order valence-corrected chi connectivity index (χ1v) is 10.5. The largest absolute Gasteiger partial charge is 0.497 e. The Balaban J connectivity index is 1.52. The molecule has 1 aromatic rings. The highest BCUT2D eigenvalue weighted by molar-refractivity contribution is 5.78. The number of nitrogens with zero attached hydrogens (tertiary/aromatic N) is 1. The molecule has 0 N–H and O–H groups in total. The zero-order valence-corrected chi connectivity index (χ0v) is 17.8. The Hall–Kier alpha value is -2.24. The lowest BCUT2D eigenvalue weighted by Crippen LogP contribution is -2.30. The molecule has 164 valence electrons. The number of amides is 1. The van der Waals surface area contributed by atoms with Crippen LogP contribution in [0.2, 0.25) is 0 Å². The number of rotatable bonds is 7. The second kappa shape index (κ2) is 9.27. The summed E-state index contributed by atoms with van der Waals surface area (Å²) in [5, 5.41) is 0. The van der Waals surface area contributed by atoms with E-state index in [1.54, 1.807) is 14.0 Å². The predicted octanol–water partition coefficient (Wildman–Crippen LogP) is 5.77. The maximum Gasteiger partial charge on any atom is 0.395 e. The standard InChI is InChI=1S/C24H30F3NO2/c1-16(7-10-19-5-4-6-22(17(19)2)24(25,26)27)20-13-23(29)28(15-20)14-18-8-11-21(30-3)12-9-18/h4-6,8-9,11-12,16-17,20,22H,7,10,13-15H2,1-3H3/t16?,17-,20?,22?/m0/s1. The van der Waals surface area contributed by atoms with Crippen molar-refractivity contribution >= 4 is 5.91 Å². The second-order valence-corrected chi connectivity index (χ2v) is 8.59. The van der Waals surface area contributed by atoms with Crippen molar-refractivity contribution in [3.8, 4) is 5.75 Å². The van der Waals surface area contributed by atoms with Gasteiger partial charge in [-0.25, -0.2) is 0 Å². The molecule has 1 heterocycles. The van der Waals surface area contributed by atoms with Gasteiger partial charge in [0.25, 0.3) is 0 Å². The summed E-state index contributed by atoms with van der Waals surface area (Å²) in [4.78, 5) is 14.4. The molecule has 1 fully saturated rings. The smallest absolute Gasteiger partial charge is 0.395 e. The Morgan fingerprint density at radius 3 is 2.57 bits per heavy atom. The predicted molar refractivity (Wildman–Crippen MR) is 111 cm³/mol. The number of methoxy groups -OCH3 is 1. The fourth-order valence-electron chi connectivity index (χ4n) is 4.47. The van der Waals surface area contributed by atoms with Crippen LogP contribution in [0, 0.1) is 23.7 Å². The highest BCUT2D eigenvalue weighted by atomic mass is 19.4. The van der Waals surface area contributed by atoms with Gasteiger partial charge in [0, 0.05) is 19.5 Å². The maximum atomic E-state index is 13.2. The van der Waals surface area contributed by atoms with Crippen molar-refractivity contribution in [2.45, 2.75) is 45.8 Å². The normalized spacial score (nSPS) is 25.4. The third-order valence-electron chi connectivity index (χ3n) is 6.60. The first kappa shape index (κ1) is 22.4. The number of hydrogen-bond acceptors (Lipinski definition) is 2. The van der Waals surface area contributed by atoms with Gasteiger partial charge in [0.15, 0.2) is 0 Å². The van der Waals surface area contributed by atoms with Gasteiger partial charge in [-0.2, -0.15) is 13.2 Å². The van der Waals surface area contributed by atoms with Crippen molar-refractivity contribution in [3.05, 3.63) is 53.6 Å². The zero-order valence-electron chi connectivity index (χ0n) is 17.8. The van der Waals surface area contributed by atoms with Gasteiger partial charge in [-0.15, -0.1) is 0 Å². The summed E-state index contributed by atoms with van der Waals surface area (Å²) in [5.41, 5.74) is 1.91. The van der Waals surface area contributed by atoms with E-state index in [4.69, 9.17) is 4.74 Å². The van der Waals surface area contributed by atoms with E-state index in [1.165, 1.54) is 12.2 Å². The topological polar surface area (TPSA) is 29.5 Å². The molecule has 0 radical (unpaired) electrons. The van der Waals surface area contributed by atoms with Crippen molar-refractivity contribution in [3.63, 3.8) is 0 Å². The Morgan fingerprint density at radius 1 is 1.23 bits per heavy atom. The van der Waals surface area contributed by atoms with Crippen molar-refractivity contribution in [1.29, 1.82) is 0 Å². The minimum absolute atomic E-state index is 0.146. The van der Waals surface area contributed by atoms with E-state index in [2.05, 4.69) is 6.92 Å². The van der Waals surface area contributed by atoms with E-state index in [9.17, 15) is 18.0 Å². The van der Waals surface area contributed by atoms with Crippen LogP contribution in [-0.4, -0.2) is 30.6 Å². The van der Waals surface area contributed by atoms with Crippen LogP contribution < -0.4 is 4.74 Å². The van der Waals surface area contributed by atoms with Gasteiger partial charge >= 0.3 is 6.18 Å². The van der Waals surface area contributed by atoms with Crippen LogP contribution in [0.3, 0.4) is 0 Å². The summed E-state index contributed by atoms with van der Waals surface area (Å²) in [6.07, 6.45) is 2.36. The van der Waals surface area contributed by atoms with E-state index >= 15 is 0 Å². The Morgan fingerprint density at radius 2 is 1.93 bits per heavy atom. The average Bonchev–Trinajstić information content (AvgIpc) is 3.07. The van der Waals surface area contributed by atoms with Crippen molar-refractivity contribution in [2.24, 2.45) is 23.7 Å². The SMILES string of the molecule is COc1ccc(CN2CC(C(C)CCC3=CC=CC(C(F)(F)F)[C@H]3C)CC2=O)cc1. The quantitative estimate of drug-likeness (QED) is 0.559. The van der Waals surface area contributed by atoms with E-state index < -0.39 is 18.0 Å². The summed E-state index contributed by atoms with van der Waals surface area (Å²) in [5.74, 6) is -0.484. The highest BCUT2D eigenvalue weighted by Gasteiger charge is 2.43. The van der Waals surface area contributed by atoms with Crippen LogP contribution in [0.15, 0.2) is 48.1 Å². The van der Waals surface area contributed by atoms with Crippen LogP contribution in [-0.2, 0) is 11.3 Å². The molecule has 3 unspecified atom stereocenters. The summed E-state index contributed by atoms with van der Waals surface area (Å²) in [6.45, 7) is 5.05. The molecule has 0 bridgehead atoms. The summed E-state index contributed by atoms with van der Waals surface area (Å²) in [7, 11) is 1.62. The minimum Gasteiger partial charge on any atom is -0.497 e. The van der Waals surface area contributed by atoms with Crippen molar-refractivity contribution in [2.75, 3.05) is 13.7 Å². The molecule has 3 rings (SSSR count). The number of alkyl halides is 3. The molecule has 0 saturated carbocycles. The lowest BCUT2D eigenvalue weighted by Gasteiger charge is -2.29. The molecular formula is C24H30F3NO2. The van der Waals surface area contributed by atoms with Crippen LogP contribution >= 0.6 is 0 Å². The molecule has 6 heteroatoms. The number of carbonyl (C=O) groups is 1. The number of ether oxygens (including phenoxy) is 1. The highest BCUT2D eigenvalue weighted by Crippen LogP contribution is 2.40. The molecule has 4 atom stereocenters. The van der Waals surface area contributed by atoms with Gasteiger partial charge < -0.3 is 9.64 Å².